The molecule has 14 heavy (non-hydrogen) atoms. The summed E-state index contributed by atoms with van der Waals surface area (Å²) < 4.78 is 2.02. The van der Waals surface area contributed by atoms with E-state index in [0.29, 0.717) is 6.04 Å². The van der Waals surface area contributed by atoms with Gasteiger partial charge in [-0.25, -0.2) is 0 Å². The summed E-state index contributed by atoms with van der Waals surface area (Å²) in [6.07, 6.45) is 6.41. The summed E-state index contributed by atoms with van der Waals surface area (Å²) >= 11 is 0. The van der Waals surface area contributed by atoms with Gasteiger partial charge < -0.3 is 5.32 Å². The van der Waals surface area contributed by atoms with Crippen LogP contribution in [0.25, 0.3) is 0 Å². The highest BCUT2D eigenvalue weighted by Crippen LogP contribution is 2.00. The molecule has 0 saturated carbocycles. The Kier molecular flexibility index (Phi) is 4.66. The first-order chi connectivity index (χ1) is 6.72. The maximum absolute atomic E-state index is 4.25. The van der Waals surface area contributed by atoms with Gasteiger partial charge in [-0.05, 0) is 38.8 Å². The van der Waals surface area contributed by atoms with Crippen molar-refractivity contribution in [3.8, 4) is 0 Å². The molecular weight excluding hydrogens is 174 g/mol. The molecular formula is C11H21N3. The number of rotatable bonds is 6. The van der Waals surface area contributed by atoms with Crippen LogP contribution in [-0.4, -0.2) is 22.4 Å². The van der Waals surface area contributed by atoms with E-state index in [1.54, 1.807) is 0 Å². The summed E-state index contributed by atoms with van der Waals surface area (Å²) in [5, 5.41) is 7.66. The molecule has 0 aliphatic heterocycles. The fourth-order valence-corrected chi connectivity index (χ4v) is 1.60. The van der Waals surface area contributed by atoms with E-state index in [0.717, 1.165) is 13.1 Å². The van der Waals surface area contributed by atoms with Crippen molar-refractivity contribution in [1.29, 1.82) is 0 Å². The van der Waals surface area contributed by atoms with Crippen LogP contribution < -0.4 is 5.32 Å². The van der Waals surface area contributed by atoms with Crippen LogP contribution >= 0.6 is 0 Å². The molecule has 0 aromatic carbocycles. The molecule has 1 unspecified atom stereocenters. The number of nitrogens with one attached hydrogen (secondary N) is 1. The topological polar surface area (TPSA) is 29.9 Å². The fourth-order valence-electron chi connectivity index (χ4n) is 1.60. The predicted molar refractivity (Wildman–Crippen MR) is 59.3 cm³/mol. The highest BCUT2D eigenvalue weighted by atomic mass is 15.3. The fraction of sp³-hybridized carbons (Fsp3) is 0.727. The lowest BCUT2D eigenvalue weighted by atomic mass is 10.2. The largest absolute Gasteiger partial charge is 0.315 e. The molecule has 1 rings (SSSR count). The zero-order valence-electron chi connectivity index (χ0n) is 9.45. The van der Waals surface area contributed by atoms with Crippen molar-refractivity contribution < 1.29 is 0 Å². The molecule has 1 aromatic rings. The Morgan fingerprint density at radius 3 is 2.93 bits per heavy atom. The van der Waals surface area contributed by atoms with Gasteiger partial charge in [-0.15, -0.1) is 0 Å². The molecule has 0 amide bonds. The summed E-state index contributed by atoms with van der Waals surface area (Å²) in [6, 6.07) is 0.622. The van der Waals surface area contributed by atoms with Crippen LogP contribution in [0.3, 0.4) is 0 Å². The average molecular weight is 195 g/mol. The van der Waals surface area contributed by atoms with Gasteiger partial charge in [0.25, 0.3) is 0 Å². The van der Waals surface area contributed by atoms with Crippen LogP contribution in [0.1, 0.15) is 32.3 Å². The summed E-state index contributed by atoms with van der Waals surface area (Å²) in [7, 11) is 0. The Bertz CT molecular complexity index is 255. The van der Waals surface area contributed by atoms with Crippen LogP contribution in [0.2, 0.25) is 0 Å². The van der Waals surface area contributed by atoms with Gasteiger partial charge in [0.2, 0.25) is 0 Å². The molecule has 0 spiro atoms. The van der Waals surface area contributed by atoms with Crippen molar-refractivity contribution in [2.75, 3.05) is 6.54 Å². The van der Waals surface area contributed by atoms with Gasteiger partial charge in [-0.1, -0.05) is 6.92 Å². The van der Waals surface area contributed by atoms with E-state index in [9.17, 15) is 0 Å². The van der Waals surface area contributed by atoms with Crippen LogP contribution in [-0.2, 0) is 6.54 Å². The number of hydrogen-bond donors (Lipinski definition) is 1. The number of nitrogens with zero attached hydrogens (tertiary/aromatic N) is 2. The van der Waals surface area contributed by atoms with Crippen LogP contribution in [0, 0.1) is 6.92 Å². The lowest BCUT2D eigenvalue weighted by Gasteiger charge is -2.11. The average Bonchev–Trinajstić information content (AvgIpc) is 2.52. The highest BCUT2D eigenvalue weighted by Gasteiger charge is 1.99. The monoisotopic (exact) mass is 195 g/mol. The molecule has 0 saturated heterocycles. The Morgan fingerprint density at radius 1 is 1.57 bits per heavy atom. The number of hydrogen-bond acceptors (Lipinski definition) is 2. The summed E-state index contributed by atoms with van der Waals surface area (Å²) in [4.78, 5) is 0. The predicted octanol–water partition coefficient (Wildman–Crippen LogP) is 1.97. The van der Waals surface area contributed by atoms with Crippen molar-refractivity contribution >= 4 is 0 Å². The van der Waals surface area contributed by atoms with Gasteiger partial charge in [0.05, 0.1) is 6.20 Å². The Hall–Kier alpha value is -0.830. The third kappa shape index (κ3) is 3.92. The minimum Gasteiger partial charge on any atom is -0.315 e. The van der Waals surface area contributed by atoms with Crippen molar-refractivity contribution in [1.82, 2.24) is 15.1 Å². The summed E-state index contributed by atoms with van der Waals surface area (Å²) in [6.45, 7) is 8.54. The second kappa shape index (κ2) is 5.81. The van der Waals surface area contributed by atoms with Crippen LogP contribution in [0.5, 0.6) is 0 Å². The third-order valence-electron chi connectivity index (χ3n) is 2.34. The standard InChI is InChI=1S/C11H21N3/c1-4-12-11(3)6-5-7-14-9-10(2)8-13-14/h8-9,11-12H,4-7H2,1-3H3. The quantitative estimate of drug-likeness (QED) is 0.752. The third-order valence-corrected chi connectivity index (χ3v) is 2.34. The second-order valence-corrected chi connectivity index (χ2v) is 3.88. The first kappa shape index (κ1) is 11.2. The van der Waals surface area contributed by atoms with Gasteiger partial charge in [0.15, 0.2) is 0 Å². The molecule has 1 atom stereocenters. The number of aromatic nitrogens is 2. The zero-order valence-corrected chi connectivity index (χ0v) is 9.45. The molecule has 0 bridgehead atoms. The SMILES string of the molecule is CCNC(C)CCCn1cc(C)cn1. The van der Waals surface area contributed by atoms with Gasteiger partial charge in [0.1, 0.15) is 0 Å². The van der Waals surface area contributed by atoms with Gasteiger partial charge in [0, 0.05) is 18.8 Å². The second-order valence-electron chi connectivity index (χ2n) is 3.88. The van der Waals surface area contributed by atoms with Crippen molar-refractivity contribution in [3.05, 3.63) is 18.0 Å². The van der Waals surface area contributed by atoms with Crippen LogP contribution in [0.4, 0.5) is 0 Å². The molecule has 3 heteroatoms. The van der Waals surface area contributed by atoms with E-state index >= 15 is 0 Å². The Labute approximate surface area is 86.5 Å². The number of aryl methyl sites for hydroxylation is 2. The highest BCUT2D eigenvalue weighted by molar-refractivity contribution is 4.99. The lowest BCUT2D eigenvalue weighted by molar-refractivity contribution is 0.472. The summed E-state index contributed by atoms with van der Waals surface area (Å²) in [5.74, 6) is 0. The maximum Gasteiger partial charge on any atom is 0.0518 e. The first-order valence-corrected chi connectivity index (χ1v) is 5.44. The van der Waals surface area contributed by atoms with E-state index in [-0.39, 0.29) is 0 Å². The molecule has 1 aromatic heterocycles. The molecule has 3 nitrogen and oxygen atoms in total. The summed E-state index contributed by atoms with van der Waals surface area (Å²) in [5.41, 5.74) is 1.24. The Morgan fingerprint density at radius 2 is 2.36 bits per heavy atom. The normalized spacial score (nSPS) is 13.1. The molecule has 1 N–H and O–H groups in total. The minimum atomic E-state index is 0.622. The molecule has 80 valence electrons. The lowest BCUT2D eigenvalue weighted by Crippen LogP contribution is -2.25. The van der Waals surface area contributed by atoms with E-state index in [1.807, 2.05) is 10.9 Å². The van der Waals surface area contributed by atoms with Gasteiger partial charge >= 0.3 is 0 Å². The zero-order chi connectivity index (χ0) is 10.4. The van der Waals surface area contributed by atoms with E-state index < -0.39 is 0 Å². The van der Waals surface area contributed by atoms with E-state index in [4.69, 9.17) is 0 Å². The van der Waals surface area contributed by atoms with Crippen LogP contribution in [0.15, 0.2) is 12.4 Å². The van der Waals surface area contributed by atoms with E-state index in [2.05, 4.69) is 37.4 Å². The van der Waals surface area contributed by atoms with Gasteiger partial charge in [-0.3, -0.25) is 4.68 Å². The molecule has 0 aliphatic carbocycles. The van der Waals surface area contributed by atoms with Crippen molar-refractivity contribution in [2.45, 2.75) is 46.2 Å². The molecule has 1 heterocycles. The van der Waals surface area contributed by atoms with E-state index in [1.165, 1.54) is 18.4 Å². The smallest absolute Gasteiger partial charge is 0.0518 e. The first-order valence-electron chi connectivity index (χ1n) is 5.44. The maximum atomic E-state index is 4.25. The minimum absolute atomic E-state index is 0.622. The van der Waals surface area contributed by atoms with Crippen molar-refractivity contribution in [2.24, 2.45) is 0 Å². The molecule has 0 aliphatic rings. The Balaban J connectivity index is 2.15. The molecule has 0 fully saturated rings. The van der Waals surface area contributed by atoms with Crippen molar-refractivity contribution in [3.63, 3.8) is 0 Å². The van der Waals surface area contributed by atoms with Gasteiger partial charge in [-0.2, -0.15) is 5.10 Å². The molecule has 0 radical (unpaired) electrons.